The fourth-order valence-corrected chi connectivity index (χ4v) is 4.35. The van der Waals surface area contributed by atoms with Crippen LogP contribution in [-0.4, -0.2) is 31.4 Å². The van der Waals surface area contributed by atoms with Crippen LogP contribution in [0.25, 0.3) is 0 Å². The first kappa shape index (κ1) is 24.8. The Hall–Kier alpha value is -2.42. The lowest BCUT2D eigenvalue weighted by molar-refractivity contribution is -0.136. The van der Waals surface area contributed by atoms with Crippen molar-refractivity contribution in [2.24, 2.45) is 0 Å². The molecule has 1 amide bonds. The summed E-state index contributed by atoms with van der Waals surface area (Å²) >= 11 is 5.83. The van der Waals surface area contributed by atoms with Crippen molar-refractivity contribution in [3.8, 4) is 0 Å². The summed E-state index contributed by atoms with van der Waals surface area (Å²) in [7, 11) is -3.91. The number of sulfonamides is 1. The number of carboxylic acids is 1. The normalized spacial score (nSPS) is 12.3. The Kier molecular flexibility index (Phi) is 9.48. The number of rotatable bonds is 12. The molecule has 0 aliphatic rings. The highest BCUT2D eigenvalue weighted by Crippen LogP contribution is 2.17. The number of benzene rings is 2. The Labute approximate surface area is 187 Å². The van der Waals surface area contributed by atoms with E-state index in [1.54, 1.807) is 24.3 Å². The second-order valence-electron chi connectivity index (χ2n) is 7.23. The van der Waals surface area contributed by atoms with Crippen LogP contribution in [0.1, 0.15) is 44.6 Å². The fraction of sp³-hybridized carbons (Fsp3) is 0.364. The molecule has 2 aromatic rings. The van der Waals surface area contributed by atoms with E-state index in [4.69, 9.17) is 16.7 Å². The minimum absolute atomic E-state index is 0.0290. The zero-order valence-electron chi connectivity index (χ0n) is 17.3. The van der Waals surface area contributed by atoms with Gasteiger partial charge in [-0.25, -0.2) is 8.42 Å². The van der Waals surface area contributed by atoms with Gasteiger partial charge >= 0.3 is 5.97 Å². The molecule has 0 radical (unpaired) electrons. The number of anilines is 1. The quantitative estimate of drug-likeness (QED) is 0.405. The maximum Gasteiger partial charge on any atom is 0.307 e. The van der Waals surface area contributed by atoms with Crippen LogP contribution in [0.5, 0.6) is 0 Å². The zero-order valence-corrected chi connectivity index (χ0v) is 18.9. The molecule has 0 aliphatic carbocycles. The first-order valence-corrected chi connectivity index (χ1v) is 12.0. The first-order chi connectivity index (χ1) is 14.7. The van der Waals surface area contributed by atoms with E-state index in [1.807, 2.05) is 0 Å². The number of hydrogen-bond acceptors (Lipinski definition) is 4. The van der Waals surface area contributed by atoms with Crippen LogP contribution >= 0.6 is 11.6 Å². The molecule has 0 spiro atoms. The van der Waals surface area contributed by atoms with E-state index >= 15 is 0 Å². The van der Waals surface area contributed by atoms with Crippen molar-refractivity contribution in [2.45, 2.75) is 56.4 Å². The molecule has 3 N–H and O–H groups in total. The Balaban J connectivity index is 2.12. The van der Waals surface area contributed by atoms with Gasteiger partial charge in [-0.3, -0.25) is 9.59 Å². The van der Waals surface area contributed by atoms with Gasteiger partial charge in [0, 0.05) is 10.7 Å². The van der Waals surface area contributed by atoms with Crippen molar-refractivity contribution < 1.29 is 23.1 Å². The Morgan fingerprint density at radius 3 is 2.23 bits per heavy atom. The SMILES string of the molecule is CCCCCC[C@H](NS(=O)(=O)c1ccc(Cl)cc1)C(=O)Nc1ccc(CC(=O)O)cc1. The zero-order chi connectivity index (χ0) is 22.9. The summed E-state index contributed by atoms with van der Waals surface area (Å²) in [5.74, 6) is -1.42. The summed E-state index contributed by atoms with van der Waals surface area (Å²) < 4.78 is 28.0. The molecule has 168 valence electrons. The third-order valence-corrected chi connectivity index (χ3v) is 6.40. The molecule has 0 saturated heterocycles. The molecule has 31 heavy (non-hydrogen) atoms. The Bertz CT molecular complexity index is 976. The van der Waals surface area contributed by atoms with Crippen LogP contribution in [0.3, 0.4) is 0 Å². The van der Waals surface area contributed by atoms with Crippen LogP contribution < -0.4 is 10.0 Å². The molecule has 0 unspecified atom stereocenters. The second-order valence-corrected chi connectivity index (χ2v) is 9.38. The fourth-order valence-electron chi connectivity index (χ4n) is 3.00. The Morgan fingerprint density at radius 1 is 1.00 bits per heavy atom. The van der Waals surface area contributed by atoms with Crippen molar-refractivity contribution in [2.75, 3.05) is 5.32 Å². The summed E-state index contributed by atoms with van der Waals surface area (Å²) in [6.45, 7) is 2.07. The van der Waals surface area contributed by atoms with E-state index in [9.17, 15) is 18.0 Å². The molecule has 0 bridgehead atoms. The molecule has 0 aliphatic heterocycles. The topological polar surface area (TPSA) is 113 Å². The van der Waals surface area contributed by atoms with Crippen molar-refractivity contribution in [3.05, 3.63) is 59.1 Å². The molecule has 2 rings (SSSR count). The van der Waals surface area contributed by atoms with E-state index in [0.717, 1.165) is 19.3 Å². The number of aliphatic carboxylic acids is 1. The molecule has 0 fully saturated rings. The number of carbonyl (C=O) groups is 2. The number of amides is 1. The molecule has 0 aromatic heterocycles. The van der Waals surface area contributed by atoms with Gasteiger partial charge in [-0.2, -0.15) is 4.72 Å². The van der Waals surface area contributed by atoms with Crippen LogP contribution in [0, 0.1) is 0 Å². The monoisotopic (exact) mass is 466 g/mol. The minimum Gasteiger partial charge on any atom is -0.481 e. The smallest absolute Gasteiger partial charge is 0.307 e. The largest absolute Gasteiger partial charge is 0.481 e. The standard InChI is InChI=1S/C22H27ClN2O5S/c1-2-3-4-5-6-20(25-31(29,30)19-13-9-17(23)10-14-19)22(28)24-18-11-7-16(8-12-18)15-21(26)27/h7-14,20,25H,2-6,15H2,1H3,(H,24,28)(H,26,27)/t20-/m0/s1. The van der Waals surface area contributed by atoms with Crippen molar-refractivity contribution in [3.63, 3.8) is 0 Å². The second kappa shape index (κ2) is 11.8. The van der Waals surface area contributed by atoms with Gasteiger partial charge < -0.3 is 10.4 Å². The average molecular weight is 467 g/mol. The van der Waals surface area contributed by atoms with Gasteiger partial charge in [0.2, 0.25) is 15.9 Å². The number of nitrogens with one attached hydrogen (secondary N) is 2. The van der Waals surface area contributed by atoms with E-state index < -0.39 is 27.9 Å². The van der Waals surface area contributed by atoms with Gasteiger partial charge in [0.15, 0.2) is 0 Å². The molecular weight excluding hydrogens is 440 g/mol. The van der Waals surface area contributed by atoms with Gasteiger partial charge in [-0.15, -0.1) is 0 Å². The number of carbonyl (C=O) groups excluding carboxylic acids is 1. The predicted molar refractivity (Wildman–Crippen MR) is 121 cm³/mol. The van der Waals surface area contributed by atoms with Crippen molar-refractivity contribution in [1.82, 2.24) is 4.72 Å². The van der Waals surface area contributed by atoms with Gasteiger partial charge in [0.05, 0.1) is 11.3 Å². The van der Waals surface area contributed by atoms with Crippen LogP contribution in [-0.2, 0) is 26.0 Å². The van der Waals surface area contributed by atoms with E-state index in [0.29, 0.717) is 29.1 Å². The molecule has 2 aromatic carbocycles. The number of carboxylic acid groups (broad SMARTS) is 1. The molecule has 9 heteroatoms. The van der Waals surface area contributed by atoms with Crippen LogP contribution in [0.2, 0.25) is 5.02 Å². The van der Waals surface area contributed by atoms with Gasteiger partial charge in [0.25, 0.3) is 0 Å². The summed E-state index contributed by atoms with van der Waals surface area (Å²) in [6, 6.07) is 11.2. The number of halogens is 1. The van der Waals surface area contributed by atoms with E-state index in [2.05, 4.69) is 17.0 Å². The summed E-state index contributed by atoms with van der Waals surface area (Å²) in [4.78, 5) is 23.7. The highest BCUT2D eigenvalue weighted by atomic mass is 35.5. The molecule has 0 heterocycles. The van der Waals surface area contributed by atoms with Gasteiger partial charge in [-0.1, -0.05) is 56.3 Å². The van der Waals surface area contributed by atoms with Gasteiger partial charge in [0.1, 0.15) is 6.04 Å². The summed E-state index contributed by atoms with van der Waals surface area (Å²) in [5, 5.41) is 12.0. The maximum atomic E-state index is 12.8. The average Bonchev–Trinajstić information content (AvgIpc) is 2.71. The molecular formula is C22H27ClN2O5S. The molecule has 0 saturated carbocycles. The van der Waals surface area contributed by atoms with Gasteiger partial charge in [-0.05, 0) is 48.4 Å². The predicted octanol–water partition coefficient (Wildman–Crippen LogP) is 4.22. The lowest BCUT2D eigenvalue weighted by Crippen LogP contribution is -2.43. The lowest BCUT2D eigenvalue weighted by atomic mass is 10.1. The Morgan fingerprint density at radius 2 is 1.65 bits per heavy atom. The van der Waals surface area contributed by atoms with E-state index in [-0.39, 0.29) is 11.3 Å². The highest BCUT2D eigenvalue weighted by molar-refractivity contribution is 7.89. The highest BCUT2D eigenvalue weighted by Gasteiger charge is 2.25. The van der Waals surface area contributed by atoms with E-state index in [1.165, 1.54) is 24.3 Å². The first-order valence-electron chi connectivity index (χ1n) is 10.1. The van der Waals surface area contributed by atoms with Crippen molar-refractivity contribution >= 4 is 39.2 Å². The summed E-state index contributed by atoms with van der Waals surface area (Å²) in [5.41, 5.74) is 1.06. The molecule has 1 atom stereocenters. The van der Waals surface area contributed by atoms with Crippen molar-refractivity contribution in [1.29, 1.82) is 0 Å². The maximum absolute atomic E-state index is 12.8. The van der Waals surface area contributed by atoms with Crippen LogP contribution in [0.4, 0.5) is 5.69 Å². The number of unbranched alkanes of at least 4 members (excludes halogenated alkanes) is 3. The van der Waals surface area contributed by atoms with Crippen LogP contribution in [0.15, 0.2) is 53.4 Å². The number of hydrogen-bond donors (Lipinski definition) is 3. The lowest BCUT2D eigenvalue weighted by Gasteiger charge is -2.19. The third kappa shape index (κ3) is 8.32. The third-order valence-electron chi connectivity index (χ3n) is 4.66. The minimum atomic E-state index is -3.91. The summed E-state index contributed by atoms with van der Waals surface area (Å²) in [6.07, 6.45) is 3.86. The molecule has 7 nitrogen and oxygen atoms in total.